The molecule has 0 atom stereocenters. The van der Waals surface area contributed by atoms with Crippen LogP contribution >= 0.6 is 11.3 Å². The normalized spacial score (nSPS) is 12.0. The van der Waals surface area contributed by atoms with Gasteiger partial charge in [0, 0.05) is 12.3 Å². The van der Waals surface area contributed by atoms with Gasteiger partial charge in [-0.15, -0.1) is 11.3 Å². The van der Waals surface area contributed by atoms with Crippen molar-refractivity contribution in [3.8, 4) is 5.75 Å². The first-order valence-electron chi connectivity index (χ1n) is 8.67. The number of hydrogen-bond donors (Lipinski definition) is 0. The molecule has 0 saturated heterocycles. The molecule has 1 heterocycles. The number of anilines is 2. The monoisotopic (exact) mass is 460 g/mol. The number of rotatable bonds is 5. The molecule has 0 bridgehead atoms. The van der Waals surface area contributed by atoms with Crippen LogP contribution in [0.3, 0.4) is 0 Å². The number of carbonyl (C=O) groups excluding carboxylic acids is 1. The number of benzene rings is 2. The van der Waals surface area contributed by atoms with Crippen molar-refractivity contribution in [2.75, 3.05) is 4.90 Å². The van der Waals surface area contributed by atoms with E-state index in [4.69, 9.17) is 4.74 Å². The van der Waals surface area contributed by atoms with Gasteiger partial charge in [-0.3, -0.25) is 9.69 Å². The van der Waals surface area contributed by atoms with E-state index >= 15 is 0 Å². The van der Waals surface area contributed by atoms with E-state index in [0.29, 0.717) is 17.8 Å². The largest absolute Gasteiger partial charge is 0.487 e. The van der Waals surface area contributed by atoms with E-state index < -0.39 is 29.2 Å². The van der Waals surface area contributed by atoms with Gasteiger partial charge in [0.15, 0.2) is 5.13 Å². The average molecular weight is 460 g/mol. The second kappa shape index (κ2) is 8.58. The Balaban J connectivity index is 1.83. The van der Waals surface area contributed by atoms with Gasteiger partial charge in [0.2, 0.25) is 5.91 Å². The topological polar surface area (TPSA) is 42.4 Å². The van der Waals surface area contributed by atoms with Crippen LogP contribution < -0.4 is 9.64 Å². The van der Waals surface area contributed by atoms with Gasteiger partial charge in [0.1, 0.15) is 12.4 Å². The Morgan fingerprint density at radius 2 is 1.58 bits per heavy atom. The highest BCUT2D eigenvalue weighted by molar-refractivity contribution is 7.14. The SMILES string of the molecule is CC(=O)N(c1ccccc1)c1nc(COc2cc(C(F)(F)F)cc(C(F)(F)F)c2)cs1. The molecule has 0 saturated carbocycles. The lowest BCUT2D eigenvalue weighted by Gasteiger charge is -2.17. The molecular weight excluding hydrogens is 446 g/mol. The lowest BCUT2D eigenvalue weighted by atomic mass is 10.1. The molecule has 2 aromatic carbocycles. The fourth-order valence-corrected chi connectivity index (χ4v) is 3.51. The number of hydrogen-bond acceptors (Lipinski definition) is 4. The average Bonchev–Trinajstić information content (AvgIpc) is 3.14. The Morgan fingerprint density at radius 1 is 1.00 bits per heavy atom. The number of halogens is 6. The van der Waals surface area contributed by atoms with E-state index in [2.05, 4.69) is 4.98 Å². The van der Waals surface area contributed by atoms with E-state index in [9.17, 15) is 31.1 Å². The number of amides is 1. The molecular formula is C20H14F6N2O2S. The van der Waals surface area contributed by atoms with Crippen LogP contribution in [0, 0.1) is 0 Å². The fourth-order valence-electron chi connectivity index (χ4n) is 2.64. The molecule has 4 nitrogen and oxygen atoms in total. The number of ether oxygens (including phenoxy) is 1. The summed E-state index contributed by atoms with van der Waals surface area (Å²) in [6, 6.07) is 9.64. The molecule has 11 heteroatoms. The summed E-state index contributed by atoms with van der Waals surface area (Å²) < 4.78 is 82.9. The number of carbonyl (C=O) groups is 1. The summed E-state index contributed by atoms with van der Waals surface area (Å²) in [5.41, 5.74) is -2.14. The highest BCUT2D eigenvalue weighted by Gasteiger charge is 2.37. The van der Waals surface area contributed by atoms with E-state index in [1.807, 2.05) is 0 Å². The number of nitrogens with zero attached hydrogens (tertiary/aromatic N) is 2. The second-order valence-electron chi connectivity index (χ2n) is 6.34. The van der Waals surface area contributed by atoms with Crippen molar-refractivity contribution in [2.24, 2.45) is 0 Å². The van der Waals surface area contributed by atoms with Crippen molar-refractivity contribution in [2.45, 2.75) is 25.9 Å². The summed E-state index contributed by atoms with van der Waals surface area (Å²) in [4.78, 5) is 17.6. The third kappa shape index (κ3) is 5.54. The minimum atomic E-state index is -4.97. The van der Waals surface area contributed by atoms with Crippen molar-refractivity contribution >= 4 is 28.1 Å². The zero-order chi connectivity index (χ0) is 22.8. The Hall–Kier alpha value is -3.08. The van der Waals surface area contributed by atoms with Crippen molar-refractivity contribution < 1.29 is 35.9 Å². The molecule has 0 unspecified atom stereocenters. The van der Waals surface area contributed by atoms with Crippen LogP contribution in [0.25, 0.3) is 0 Å². The molecule has 0 spiro atoms. The van der Waals surface area contributed by atoms with E-state index in [1.165, 1.54) is 17.2 Å². The molecule has 3 rings (SSSR count). The van der Waals surface area contributed by atoms with Gasteiger partial charge in [-0.1, -0.05) is 18.2 Å². The summed E-state index contributed by atoms with van der Waals surface area (Å²) in [6.07, 6.45) is -9.93. The summed E-state index contributed by atoms with van der Waals surface area (Å²) in [5.74, 6) is -0.913. The molecule has 0 aliphatic rings. The summed E-state index contributed by atoms with van der Waals surface area (Å²) >= 11 is 1.08. The quantitative estimate of drug-likeness (QED) is 0.412. The standard InChI is InChI=1S/C20H14F6N2O2S/c1-12(29)28(16-5-3-2-4-6-16)18-27-15(11-31-18)10-30-17-8-13(19(21,22)23)7-14(9-17)20(24,25)26/h2-9,11H,10H2,1H3. The van der Waals surface area contributed by atoms with Crippen molar-refractivity contribution in [1.29, 1.82) is 0 Å². The molecule has 1 aromatic heterocycles. The number of alkyl halides is 6. The molecule has 0 aliphatic carbocycles. The van der Waals surface area contributed by atoms with Crippen molar-refractivity contribution in [3.63, 3.8) is 0 Å². The first-order valence-corrected chi connectivity index (χ1v) is 9.55. The highest BCUT2D eigenvalue weighted by atomic mass is 32.1. The maximum atomic E-state index is 13.0. The predicted molar refractivity (Wildman–Crippen MR) is 102 cm³/mol. The Labute approximate surface area is 176 Å². The summed E-state index contributed by atoms with van der Waals surface area (Å²) in [5, 5.41) is 1.80. The van der Waals surface area contributed by atoms with E-state index in [0.717, 1.165) is 11.3 Å². The van der Waals surface area contributed by atoms with Crippen LogP contribution in [-0.2, 0) is 23.8 Å². The summed E-state index contributed by atoms with van der Waals surface area (Å²) in [7, 11) is 0. The maximum Gasteiger partial charge on any atom is 0.416 e. The first-order chi connectivity index (χ1) is 14.4. The minimum Gasteiger partial charge on any atom is -0.487 e. The number of para-hydroxylation sites is 1. The molecule has 1 amide bonds. The minimum absolute atomic E-state index is 0.0262. The van der Waals surface area contributed by atoms with Crippen molar-refractivity contribution in [3.05, 3.63) is 70.7 Å². The second-order valence-corrected chi connectivity index (χ2v) is 7.18. The molecule has 0 N–H and O–H groups in total. The van der Waals surface area contributed by atoms with Gasteiger partial charge in [-0.05, 0) is 30.3 Å². The Bertz CT molecular complexity index is 1030. The molecule has 0 radical (unpaired) electrons. The number of thiazole rings is 1. The lowest BCUT2D eigenvalue weighted by Crippen LogP contribution is -2.22. The third-order valence-corrected chi connectivity index (χ3v) is 4.88. The zero-order valence-electron chi connectivity index (χ0n) is 15.8. The van der Waals surface area contributed by atoms with Crippen LogP contribution in [0.5, 0.6) is 5.75 Å². The molecule has 3 aromatic rings. The molecule has 31 heavy (non-hydrogen) atoms. The fraction of sp³-hybridized carbons (Fsp3) is 0.200. The Kier molecular flexibility index (Phi) is 6.25. The predicted octanol–water partition coefficient (Wildman–Crippen LogP) is 6.44. The summed E-state index contributed by atoms with van der Waals surface area (Å²) in [6.45, 7) is 0.960. The van der Waals surface area contributed by atoms with Gasteiger partial charge in [0.25, 0.3) is 0 Å². The maximum absolute atomic E-state index is 13.0. The van der Waals surface area contributed by atoms with Crippen molar-refractivity contribution in [1.82, 2.24) is 4.98 Å². The van der Waals surface area contributed by atoms with Crippen LogP contribution in [0.15, 0.2) is 53.9 Å². The van der Waals surface area contributed by atoms with Gasteiger partial charge in [0.05, 0.1) is 22.5 Å². The smallest absolute Gasteiger partial charge is 0.416 e. The first kappa shape index (κ1) is 22.6. The van der Waals surface area contributed by atoms with E-state index in [1.54, 1.807) is 30.3 Å². The highest BCUT2D eigenvalue weighted by Crippen LogP contribution is 2.38. The molecule has 164 valence electrons. The van der Waals surface area contributed by atoms with Crippen LogP contribution in [0.4, 0.5) is 37.2 Å². The Morgan fingerprint density at radius 3 is 2.10 bits per heavy atom. The zero-order valence-corrected chi connectivity index (χ0v) is 16.6. The van der Waals surface area contributed by atoms with E-state index in [-0.39, 0.29) is 29.4 Å². The molecule has 0 fully saturated rings. The van der Waals surface area contributed by atoms with Crippen LogP contribution in [0.1, 0.15) is 23.7 Å². The van der Waals surface area contributed by atoms with Gasteiger partial charge >= 0.3 is 12.4 Å². The van der Waals surface area contributed by atoms with Gasteiger partial charge in [-0.25, -0.2) is 4.98 Å². The van der Waals surface area contributed by atoms with Crippen LogP contribution in [0.2, 0.25) is 0 Å². The molecule has 0 aliphatic heterocycles. The number of aromatic nitrogens is 1. The third-order valence-electron chi connectivity index (χ3n) is 4.01. The van der Waals surface area contributed by atoms with Gasteiger partial charge in [-0.2, -0.15) is 26.3 Å². The van der Waals surface area contributed by atoms with Crippen LogP contribution in [-0.4, -0.2) is 10.9 Å². The lowest BCUT2D eigenvalue weighted by molar-refractivity contribution is -0.143. The van der Waals surface area contributed by atoms with Gasteiger partial charge < -0.3 is 4.74 Å².